The van der Waals surface area contributed by atoms with Crippen LogP contribution in [0.25, 0.3) is 0 Å². The van der Waals surface area contributed by atoms with E-state index in [1.807, 2.05) is 24.3 Å². The van der Waals surface area contributed by atoms with E-state index in [1.54, 1.807) is 6.07 Å². The second-order valence-electron chi connectivity index (χ2n) is 3.80. The number of aromatic nitrogens is 2. The van der Waals surface area contributed by atoms with Crippen LogP contribution in [-0.2, 0) is 12.8 Å². The summed E-state index contributed by atoms with van der Waals surface area (Å²) in [5.41, 5.74) is 1.85. The van der Waals surface area contributed by atoms with Crippen LogP contribution in [0.3, 0.4) is 0 Å². The van der Waals surface area contributed by atoms with E-state index in [0.717, 1.165) is 17.7 Å². The zero-order valence-electron chi connectivity index (χ0n) is 9.51. The fourth-order valence-electron chi connectivity index (χ4n) is 1.56. The summed E-state index contributed by atoms with van der Waals surface area (Å²) in [6, 6.07) is 9.28. The van der Waals surface area contributed by atoms with Crippen molar-refractivity contribution in [3.63, 3.8) is 0 Å². The van der Waals surface area contributed by atoms with Gasteiger partial charge < -0.3 is 5.11 Å². The molecule has 5 heteroatoms. The molecule has 0 aliphatic heterocycles. The summed E-state index contributed by atoms with van der Waals surface area (Å²) >= 11 is 5.80. The minimum Gasteiger partial charge on any atom is -0.475 e. The van der Waals surface area contributed by atoms with Crippen LogP contribution in [0.15, 0.2) is 36.5 Å². The standard InChI is InChI=1S/C13H11ClN2O2/c14-10-4-1-9(2-5-10)3-6-11-7-8-15-12(16-11)13(17)18/h1-2,4-5,7-8H,3,6H2,(H,17,18). The molecule has 0 aliphatic rings. The topological polar surface area (TPSA) is 63.1 Å². The van der Waals surface area contributed by atoms with E-state index < -0.39 is 5.97 Å². The van der Waals surface area contributed by atoms with Crippen molar-refractivity contribution in [1.82, 2.24) is 9.97 Å². The lowest BCUT2D eigenvalue weighted by molar-refractivity contribution is 0.0683. The SMILES string of the molecule is O=C(O)c1nccc(CCc2ccc(Cl)cc2)n1. The fraction of sp³-hybridized carbons (Fsp3) is 0.154. The van der Waals surface area contributed by atoms with Gasteiger partial charge in [0, 0.05) is 16.9 Å². The molecule has 0 spiro atoms. The van der Waals surface area contributed by atoms with E-state index in [-0.39, 0.29) is 5.82 Å². The molecule has 0 saturated heterocycles. The Morgan fingerprint density at radius 3 is 2.56 bits per heavy atom. The molecule has 4 nitrogen and oxygen atoms in total. The molecule has 1 aromatic heterocycles. The van der Waals surface area contributed by atoms with Crippen molar-refractivity contribution >= 4 is 17.6 Å². The van der Waals surface area contributed by atoms with Crippen molar-refractivity contribution in [2.45, 2.75) is 12.8 Å². The predicted molar refractivity (Wildman–Crippen MR) is 67.9 cm³/mol. The highest BCUT2D eigenvalue weighted by Gasteiger charge is 2.06. The molecule has 0 unspecified atom stereocenters. The second kappa shape index (κ2) is 5.60. The van der Waals surface area contributed by atoms with Gasteiger partial charge in [-0.2, -0.15) is 0 Å². The molecule has 0 saturated carbocycles. The highest BCUT2D eigenvalue weighted by molar-refractivity contribution is 6.30. The normalized spacial score (nSPS) is 10.3. The molecular weight excluding hydrogens is 252 g/mol. The van der Waals surface area contributed by atoms with E-state index in [0.29, 0.717) is 11.4 Å². The number of hydrogen-bond acceptors (Lipinski definition) is 3. The lowest BCUT2D eigenvalue weighted by atomic mass is 10.1. The zero-order chi connectivity index (χ0) is 13.0. The van der Waals surface area contributed by atoms with Gasteiger partial charge in [-0.15, -0.1) is 0 Å². The number of nitrogens with zero attached hydrogens (tertiary/aromatic N) is 2. The van der Waals surface area contributed by atoms with Crippen LogP contribution in [0, 0.1) is 0 Å². The first-order valence-electron chi connectivity index (χ1n) is 5.45. The number of aromatic carboxylic acids is 1. The average molecular weight is 263 g/mol. The summed E-state index contributed by atoms with van der Waals surface area (Å²) < 4.78 is 0. The molecule has 0 amide bonds. The van der Waals surface area contributed by atoms with Gasteiger partial charge in [-0.05, 0) is 36.6 Å². The average Bonchev–Trinajstić information content (AvgIpc) is 2.38. The molecule has 18 heavy (non-hydrogen) atoms. The number of aryl methyl sites for hydroxylation is 2. The van der Waals surface area contributed by atoms with Gasteiger partial charge in [0.2, 0.25) is 5.82 Å². The Hall–Kier alpha value is -1.94. The van der Waals surface area contributed by atoms with E-state index >= 15 is 0 Å². The number of carbonyl (C=O) groups is 1. The third-order valence-corrected chi connectivity index (χ3v) is 2.74. The maximum atomic E-state index is 10.7. The summed E-state index contributed by atoms with van der Waals surface area (Å²) in [4.78, 5) is 18.4. The third kappa shape index (κ3) is 3.28. The van der Waals surface area contributed by atoms with Crippen molar-refractivity contribution in [3.05, 3.63) is 58.6 Å². The van der Waals surface area contributed by atoms with Crippen LogP contribution in [0.5, 0.6) is 0 Å². The number of benzene rings is 1. The number of carboxylic acids is 1. The molecule has 2 rings (SSSR count). The Balaban J connectivity index is 2.04. The monoisotopic (exact) mass is 262 g/mol. The Kier molecular flexibility index (Phi) is 3.89. The van der Waals surface area contributed by atoms with Gasteiger partial charge in [0.1, 0.15) is 0 Å². The van der Waals surface area contributed by atoms with Crippen molar-refractivity contribution < 1.29 is 9.90 Å². The zero-order valence-corrected chi connectivity index (χ0v) is 10.3. The number of halogens is 1. The van der Waals surface area contributed by atoms with Gasteiger partial charge in [-0.3, -0.25) is 0 Å². The molecule has 2 aromatic rings. The molecular formula is C13H11ClN2O2. The van der Waals surface area contributed by atoms with Gasteiger partial charge in [-0.1, -0.05) is 23.7 Å². The summed E-state index contributed by atoms with van der Waals surface area (Å²) in [5.74, 6) is -1.27. The van der Waals surface area contributed by atoms with Crippen LogP contribution >= 0.6 is 11.6 Å². The maximum Gasteiger partial charge on any atom is 0.373 e. The van der Waals surface area contributed by atoms with Gasteiger partial charge >= 0.3 is 5.97 Å². The van der Waals surface area contributed by atoms with Crippen LogP contribution in [0.2, 0.25) is 5.02 Å². The first-order chi connectivity index (χ1) is 8.65. The Morgan fingerprint density at radius 2 is 1.89 bits per heavy atom. The molecule has 92 valence electrons. The van der Waals surface area contributed by atoms with Crippen LogP contribution in [0.4, 0.5) is 0 Å². The predicted octanol–water partition coefficient (Wildman–Crippen LogP) is 2.61. The molecule has 0 atom stereocenters. The van der Waals surface area contributed by atoms with Gasteiger partial charge in [0.25, 0.3) is 0 Å². The quantitative estimate of drug-likeness (QED) is 0.920. The highest BCUT2D eigenvalue weighted by atomic mass is 35.5. The van der Waals surface area contributed by atoms with E-state index in [2.05, 4.69) is 9.97 Å². The molecule has 0 radical (unpaired) electrons. The van der Waals surface area contributed by atoms with E-state index in [1.165, 1.54) is 6.20 Å². The van der Waals surface area contributed by atoms with Gasteiger partial charge in [0.05, 0.1) is 0 Å². The largest absolute Gasteiger partial charge is 0.475 e. The molecule has 1 N–H and O–H groups in total. The summed E-state index contributed by atoms with van der Waals surface area (Å²) in [6.45, 7) is 0. The summed E-state index contributed by atoms with van der Waals surface area (Å²) in [7, 11) is 0. The smallest absolute Gasteiger partial charge is 0.373 e. The fourth-order valence-corrected chi connectivity index (χ4v) is 1.69. The van der Waals surface area contributed by atoms with Crippen LogP contribution < -0.4 is 0 Å². The Morgan fingerprint density at radius 1 is 1.17 bits per heavy atom. The molecule has 0 bridgehead atoms. The van der Waals surface area contributed by atoms with Crippen molar-refractivity contribution in [2.24, 2.45) is 0 Å². The lowest BCUT2D eigenvalue weighted by Gasteiger charge is -2.02. The second-order valence-corrected chi connectivity index (χ2v) is 4.24. The third-order valence-electron chi connectivity index (χ3n) is 2.49. The molecule has 0 fully saturated rings. The van der Waals surface area contributed by atoms with Crippen LogP contribution in [-0.4, -0.2) is 21.0 Å². The van der Waals surface area contributed by atoms with E-state index in [4.69, 9.17) is 16.7 Å². The first-order valence-corrected chi connectivity index (χ1v) is 5.82. The number of rotatable bonds is 4. The molecule has 0 aliphatic carbocycles. The summed E-state index contributed by atoms with van der Waals surface area (Å²) in [5, 5.41) is 9.49. The highest BCUT2D eigenvalue weighted by Crippen LogP contribution is 2.11. The number of hydrogen-bond donors (Lipinski definition) is 1. The van der Waals surface area contributed by atoms with Crippen molar-refractivity contribution in [3.8, 4) is 0 Å². The molecule has 1 heterocycles. The minimum atomic E-state index is -1.11. The Bertz CT molecular complexity index is 555. The number of carboxylic acid groups (broad SMARTS) is 1. The van der Waals surface area contributed by atoms with E-state index in [9.17, 15) is 4.79 Å². The lowest BCUT2D eigenvalue weighted by Crippen LogP contribution is -2.06. The molecule has 1 aromatic carbocycles. The van der Waals surface area contributed by atoms with Crippen molar-refractivity contribution in [2.75, 3.05) is 0 Å². The van der Waals surface area contributed by atoms with Gasteiger partial charge in [0.15, 0.2) is 0 Å². The van der Waals surface area contributed by atoms with Gasteiger partial charge in [-0.25, -0.2) is 14.8 Å². The van der Waals surface area contributed by atoms with Crippen molar-refractivity contribution in [1.29, 1.82) is 0 Å². The maximum absolute atomic E-state index is 10.7. The summed E-state index contributed by atoms with van der Waals surface area (Å²) in [6.07, 6.45) is 2.92. The Labute approximate surface area is 109 Å². The van der Waals surface area contributed by atoms with Crippen LogP contribution in [0.1, 0.15) is 21.9 Å². The minimum absolute atomic E-state index is 0.163. The first kappa shape index (κ1) is 12.5.